The molecule has 1 amide bonds. The van der Waals surface area contributed by atoms with E-state index in [0.29, 0.717) is 6.42 Å². The molecule has 0 fully saturated rings. The number of carbonyl (C=O) groups is 2. The highest BCUT2D eigenvalue weighted by Crippen LogP contribution is 2.07. The lowest BCUT2D eigenvalue weighted by Gasteiger charge is -2.26. The maximum absolute atomic E-state index is 11.4. The van der Waals surface area contributed by atoms with Crippen molar-refractivity contribution in [2.24, 2.45) is 5.73 Å². The first-order chi connectivity index (χ1) is 6.78. The van der Waals surface area contributed by atoms with Crippen molar-refractivity contribution in [2.75, 3.05) is 6.61 Å². The van der Waals surface area contributed by atoms with Crippen LogP contribution in [0.15, 0.2) is 0 Å². The number of hydrogen-bond donors (Lipinski definition) is 4. The van der Waals surface area contributed by atoms with Gasteiger partial charge in [0.05, 0.1) is 12.5 Å². The van der Waals surface area contributed by atoms with E-state index < -0.39 is 29.9 Å². The minimum Gasteiger partial charge on any atom is -0.481 e. The fraction of sp³-hybridized carbons (Fsp3) is 0.778. The summed E-state index contributed by atoms with van der Waals surface area (Å²) in [4.78, 5) is 21.7. The molecule has 1 atom stereocenters. The highest BCUT2D eigenvalue weighted by molar-refractivity contribution is 5.86. The number of carboxylic acids is 1. The third kappa shape index (κ3) is 6.03. The fourth-order valence-electron chi connectivity index (χ4n) is 1.05. The molecule has 0 aromatic heterocycles. The van der Waals surface area contributed by atoms with E-state index in [1.165, 1.54) is 0 Å². The van der Waals surface area contributed by atoms with E-state index in [2.05, 4.69) is 5.32 Å². The Bertz CT molecular complexity index is 240. The molecule has 0 aromatic carbocycles. The summed E-state index contributed by atoms with van der Waals surface area (Å²) in [5, 5.41) is 19.7. The molecule has 0 aliphatic carbocycles. The van der Waals surface area contributed by atoms with Crippen molar-refractivity contribution in [3.63, 3.8) is 0 Å². The van der Waals surface area contributed by atoms with Crippen LogP contribution in [0.5, 0.6) is 0 Å². The lowest BCUT2D eigenvalue weighted by atomic mass is 10.0. The van der Waals surface area contributed by atoms with Gasteiger partial charge in [0.25, 0.3) is 0 Å². The van der Waals surface area contributed by atoms with Gasteiger partial charge in [-0.2, -0.15) is 0 Å². The Balaban J connectivity index is 4.17. The van der Waals surface area contributed by atoms with Crippen molar-refractivity contribution < 1.29 is 19.8 Å². The number of rotatable bonds is 6. The average Bonchev–Trinajstić information content (AvgIpc) is 2.01. The molecule has 0 aliphatic heterocycles. The number of aliphatic carboxylic acids is 1. The Morgan fingerprint density at radius 1 is 1.47 bits per heavy atom. The molecule has 0 spiro atoms. The standard InChI is InChI=1S/C9H18N2O4/c1-9(2,3-4-12)11-8(15)6(10)5-7(13)14/h6,12H,3-5,10H2,1-2H3,(H,11,15)(H,13,14). The zero-order chi connectivity index (χ0) is 12.1. The van der Waals surface area contributed by atoms with Crippen LogP contribution in [-0.2, 0) is 9.59 Å². The highest BCUT2D eigenvalue weighted by Gasteiger charge is 2.24. The van der Waals surface area contributed by atoms with Gasteiger partial charge in [-0.25, -0.2) is 0 Å². The van der Waals surface area contributed by atoms with E-state index in [1.807, 2.05) is 0 Å². The molecule has 0 saturated carbocycles. The average molecular weight is 218 g/mol. The number of carboxylic acid groups (broad SMARTS) is 1. The molecule has 0 aliphatic rings. The Labute approximate surface area is 88.5 Å². The molecule has 6 nitrogen and oxygen atoms in total. The number of hydrogen-bond acceptors (Lipinski definition) is 4. The molecular formula is C9H18N2O4. The van der Waals surface area contributed by atoms with Crippen LogP contribution >= 0.6 is 0 Å². The molecule has 1 unspecified atom stereocenters. The summed E-state index contributed by atoms with van der Waals surface area (Å²) < 4.78 is 0. The molecule has 0 heterocycles. The number of aliphatic hydroxyl groups is 1. The first-order valence-electron chi connectivity index (χ1n) is 4.69. The molecule has 0 aromatic rings. The van der Waals surface area contributed by atoms with Gasteiger partial charge in [0, 0.05) is 12.1 Å². The van der Waals surface area contributed by atoms with E-state index in [0.717, 1.165) is 0 Å². The molecule has 5 N–H and O–H groups in total. The summed E-state index contributed by atoms with van der Waals surface area (Å²) in [7, 11) is 0. The van der Waals surface area contributed by atoms with Crippen molar-refractivity contribution >= 4 is 11.9 Å². The van der Waals surface area contributed by atoms with E-state index in [9.17, 15) is 9.59 Å². The smallest absolute Gasteiger partial charge is 0.305 e. The van der Waals surface area contributed by atoms with Crippen molar-refractivity contribution in [2.45, 2.75) is 38.3 Å². The minimum atomic E-state index is -1.11. The zero-order valence-corrected chi connectivity index (χ0v) is 8.99. The van der Waals surface area contributed by atoms with Crippen LogP contribution in [0.4, 0.5) is 0 Å². The van der Waals surface area contributed by atoms with Crippen LogP contribution in [0.1, 0.15) is 26.7 Å². The maximum Gasteiger partial charge on any atom is 0.305 e. The molecule has 0 rings (SSSR count). The monoisotopic (exact) mass is 218 g/mol. The van der Waals surface area contributed by atoms with Gasteiger partial charge in [0.2, 0.25) is 5.91 Å². The Morgan fingerprint density at radius 2 is 2.00 bits per heavy atom. The van der Waals surface area contributed by atoms with Gasteiger partial charge in [0.1, 0.15) is 0 Å². The summed E-state index contributed by atoms with van der Waals surface area (Å²) in [5.74, 6) is -1.63. The van der Waals surface area contributed by atoms with Gasteiger partial charge in [0.15, 0.2) is 0 Å². The summed E-state index contributed by atoms with van der Waals surface area (Å²) in [6.45, 7) is 3.41. The van der Waals surface area contributed by atoms with Gasteiger partial charge >= 0.3 is 5.97 Å². The zero-order valence-electron chi connectivity index (χ0n) is 8.99. The second kappa shape index (κ2) is 5.67. The second-order valence-electron chi connectivity index (χ2n) is 4.05. The Hall–Kier alpha value is -1.14. The largest absolute Gasteiger partial charge is 0.481 e. The van der Waals surface area contributed by atoms with Crippen LogP contribution in [0.2, 0.25) is 0 Å². The summed E-state index contributed by atoms with van der Waals surface area (Å²) in [6.07, 6.45) is -0.0143. The van der Waals surface area contributed by atoms with Gasteiger partial charge in [-0.15, -0.1) is 0 Å². The first-order valence-corrected chi connectivity index (χ1v) is 4.69. The molecule has 88 valence electrons. The van der Waals surface area contributed by atoms with Crippen LogP contribution in [-0.4, -0.2) is 40.3 Å². The summed E-state index contributed by atoms with van der Waals surface area (Å²) >= 11 is 0. The van der Waals surface area contributed by atoms with Gasteiger partial charge in [-0.3, -0.25) is 9.59 Å². The molecule has 15 heavy (non-hydrogen) atoms. The molecule has 0 bridgehead atoms. The number of amides is 1. The fourth-order valence-corrected chi connectivity index (χ4v) is 1.05. The van der Waals surface area contributed by atoms with Crippen molar-refractivity contribution in [3.05, 3.63) is 0 Å². The van der Waals surface area contributed by atoms with E-state index in [-0.39, 0.29) is 6.61 Å². The number of carbonyl (C=O) groups excluding carboxylic acids is 1. The molecule has 6 heteroatoms. The number of nitrogens with one attached hydrogen (secondary N) is 1. The third-order valence-corrected chi connectivity index (χ3v) is 1.93. The SMILES string of the molecule is CC(C)(CCO)NC(=O)C(N)CC(=O)O. The normalized spacial score (nSPS) is 13.3. The lowest BCUT2D eigenvalue weighted by molar-refractivity contribution is -0.139. The minimum absolute atomic E-state index is 0.0541. The Morgan fingerprint density at radius 3 is 2.40 bits per heavy atom. The molecular weight excluding hydrogens is 200 g/mol. The Kier molecular flexibility index (Phi) is 5.24. The lowest BCUT2D eigenvalue weighted by Crippen LogP contribution is -2.51. The van der Waals surface area contributed by atoms with Gasteiger partial charge < -0.3 is 21.3 Å². The predicted molar refractivity (Wildman–Crippen MR) is 54.2 cm³/mol. The third-order valence-electron chi connectivity index (χ3n) is 1.93. The summed E-state index contributed by atoms with van der Waals surface area (Å²) in [5.41, 5.74) is 4.78. The van der Waals surface area contributed by atoms with Crippen molar-refractivity contribution in [1.29, 1.82) is 0 Å². The quantitative estimate of drug-likeness (QED) is 0.460. The van der Waals surface area contributed by atoms with Crippen LogP contribution in [0.3, 0.4) is 0 Å². The van der Waals surface area contributed by atoms with E-state index in [4.69, 9.17) is 15.9 Å². The van der Waals surface area contributed by atoms with Gasteiger partial charge in [-0.05, 0) is 20.3 Å². The number of aliphatic hydroxyl groups excluding tert-OH is 1. The van der Waals surface area contributed by atoms with Crippen LogP contribution < -0.4 is 11.1 Å². The van der Waals surface area contributed by atoms with Crippen LogP contribution in [0.25, 0.3) is 0 Å². The van der Waals surface area contributed by atoms with Crippen LogP contribution in [0, 0.1) is 0 Å². The second-order valence-corrected chi connectivity index (χ2v) is 4.05. The van der Waals surface area contributed by atoms with E-state index in [1.54, 1.807) is 13.8 Å². The van der Waals surface area contributed by atoms with E-state index >= 15 is 0 Å². The predicted octanol–water partition coefficient (Wildman–Crippen LogP) is -0.934. The number of nitrogens with two attached hydrogens (primary N) is 1. The molecule has 0 radical (unpaired) electrons. The first kappa shape index (κ1) is 13.9. The molecule has 0 saturated heterocycles. The maximum atomic E-state index is 11.4. The highest BCUT2D eigenvalue weighted by atomic mass is 16.4. The topological polar surface area (TPSA) is 113 Å². The van der Waals surface area contributed by atoms with Crippen molar-refractivity contribution in [1.82, 2.24) is 5.32 Å². The van der Waals surface area contributed by atoms with Gasteiger partial charge in [-0.1, -0.05) is 0 Å². The summed E-state index contributed by atoms with van der Waals surface area (Å²) in [6, 6.07) is -1.06. The van der Waals surface area contributed by atoms with Crippen molar-refractivity contribution in [3.8, 4) is 0 Å².